The molecule has 1 aliphatic heterocycles. The molecular formula is C14H14ClFIN3O. The summed E-state index contributed by atoms with van der Waals surface area (Å²) in [5, 5.41) is 2.86. The number of aryl methyl sites for hydroxylation is 1. The Hall–Kier alpha value is -0.890. The number of aromatic nitrogens is 2. The van der Waals surface area contributed by atoms with Crippen LogP contribution in [0.3, 0.4) is 0 Å². The van der Waals surface area contributed by atoms with Gasteiger partial charge in [0.05, 0.1) is 14.6 Å². The molecule has 21 heavy (non-hydrogen) atoms. The van der Waals surface area contributed by atoms with Crippen LogP contribution in [0.5, 0.6) is 0 Å². The predicted octanol–water partition coefficient (Wildman–Crippen LogP) is 3.01. The number of nitrogens with zero attached hydrogens (tertiary/aromatic N) is 2. The maximum absolute atomic E-state index is 13.9. The molecule has 0 saturated carbocycles. The number of carbonyl (C=O) groups excluding carboxylic acids is 1. The van der Waals surface area contributed by atoms with Crippen molar-refractivity contribution in [1.29, 1.82) is 0 Å². The Bertz CT molecular complexity index is 703. The van der Waals surface area contributed by atoms with E-state index in [9.17, 15) is 9.18 Å². The monoisotopic (exact) mass is 421 g/mol. The number of carbonyl (C=O) groups is 1. The van der Waals surface area contributed by atoms with Gasteiger partial charge in [0.1, 0.15) is 17.7 Å². The number of alkyl halides is 1. The number of imidazole rings is 1. The van der Waals surface area contributed by atoms with E-state index in [-0.39, 0.29) is 17.8 Å². The van der Waals surface area contributed by atoms with Gasteiger partial charge in [0.25, 0.3) is 0 Å². The average molecular weight is 422 g/mol. The molecule has 3 rings (SSSR count). The highest BCUT2D eigenvalue weighted by Gasteiger charge is 2.28. The summed E-state index contributed by atoms with van der Waals surface area (Å²) in [6.07, 6.45) is 2.20. The SMILES string of the molecule is O=C1NCCCC1n1c(CCCl)nc2cc(I)c(F)cc21. The fourth-order valence-corrected chi connectivity index (χ4v) is 3.37. The van der Waals surface area contributed by atoms with E-state index in [2.05, 4.69) is 10.3 Å². The lowest BCUT2D eigenvalue weighted by molar-refractivity contribution is -0.125. The van der Waals surface area contributed by atoms with E-state index >= 15 is 0 Å². The molecule has 4 nitrogen and oxygen atoms in total. The quantitative estimate of drug-likeness (QED) is 0.612. The van der Waals surface area contributed by atoms with Gasteiger partial charge in [-0.25, -0.2) is 9.37 Å². The number of fused-ring (bicyclic) bond motifs is 1. The smallest absolute Gasteiger partial charge is 0.243 e. The normalized spacial score (nSPS) is 19.0. The minimum Gasteiger partial charge on any atom is -0.354 e. The Labute approximate surface area is 140 Å². The van der Waals surface area contributed by atoms with E-state index in [0.29, 0.717) is 33.4 Å². The van der Waals surface area contributed by atoms with Gasteiger partial charge in [0, 0.05) is 24.9 Å². The van der Waals surface area contributed by atoms with Crippen LogP contribution in [0.1, 0.15) is 24.7 Å². The minimum atomic E-state index is -0.332. The lowest BCUT2D eigenvalue weighted by atomic mass is 10.1. The van der Waals surface area contributed by atoms with Gasteiger partial charge in [-0.1, -0.05) is 0 Å². The third-order valence-electron chi connectivity index (χ3n) is 3.69. The van der Waals surface area contributed by atoms with Crippen molar-refractivity contribution in [2.24, 2.45) is 0 Å². The molecular weight excluding hydrogens is 408 g/mol. The van der Waals surface area contributed by atoms with Crippen molar-refractivity contribution >= 4 is 51.1 Å². The van der Waals surface area contributed by atoms with Crippen LogP contribution in [0.4, 0.5) is 4.39 Å². The van der Waals surface area contributed by atoms with Crippen molar-refractivity contribution in [3.63, 3.8) is 0 Å². The van der Waals surface area contributed by atoms with Crippen LogP contribution in [-0.4, -0.2) is 27.9 Å². The molecule has 7 heteroatoms. The summed E-state index contributed by atoms with van der Waals surface area (Å²) in [5.41, 5.74) is 1.37. The molecule has 0 aliphatic carbocycles. The summed E-state index contributed by atoms with van der Waals surface area (Å²) in [4.78, 5) is 16.7. The lowest BCUT2D eigenvalue weighted by Crippen LogP contribution is -2.38. The average Bonchev–Trinajstić information content (AvgIpc) is 2.78. The Kier molecular flexibility index (Phi) is 4.35. The maximum Gasteiger partial charge on any atom is 0.243 e. The van der Waals surface area contributed by atoms with E-state index in [0.717, 1.165) is 18.7 Å². The second-order valence-corrected chi connectivity index (χ2v) is 6.58. The Morgan fingerprint density at radius 2 is 2.33 bits per heavy atom. The standard InChI is InChI=1S/C14H14ClFIN3O/c15-4-3-13-19-10-7-9(17)8(16)6-12(10)20(13)11-2-1-5-18-14(11)21/h6-7,11H,1-5H2,(H,18,21). The molecule has 1 N–H and O–H groups in total. The number of halogens is 3. The summed E-state index contributed by atoms with van der Waals surface area (Å²) in [6, 6.07) is 2.84. The third kappa shape index (κ3) is 2.75. The first-order valence-corrected chi connectivity index (χ1v) is 8.42. The van der Waals surface area contributed by atoms with Crippen LogP contribution >= 0.6 is 34.2 Å². The summed E-state index contributed by atoms with van der Waals surface area (Å²) < 4.78 is 16.3. The zero-order chi connectivity index (χ0) is 15.0. The molecule has 0 radical (unpaired) electrons. The van der Waals surface area contributed by atoms with Crippen LogP contribution in [0, 0.1) is 9.39 Å². The van der Waals surface area contributed by atoms with E-state index in [1.807, 2.05) is 27.2 Å². The highest BCUT2D eigenvalue weighted by atomic mass is 127. The number of rotatable bonds is 3. The number of hydrogen-bond acceptors (Lipinski definition) is 2. The first-order valence-electron chi connectivity index (χ1n) is 6.81. The first-order chi connectivity index (χ1) is 10.1. The molecule has 2 aromatic rings. The van der Waals surface area contributed by atoms with Crippen molar-refractivity contribution in [3.8, 4) is 0 Å². The summed E-state index contributed by atoms with van der Waals surface area (Å²) in [7, 11) is 0. The summed E-state index contributed by atoms with van der Waals surface area (Å²) in [6.45, 7) is 0.694. The van der Waals surface area contributed by atoms with Gasteiger partial charge in [0.15, 0.2) is 0 Å². The van der Waals surface area contributed by atoms with E-state index in [1.165, 1.54) is 6.07 Å². The Morgan fingerprint density at radius 3 is 3.05 bits per heavy atom. The Balaban J connectivity index is 2.19. The van der Waals surface area contributed by atoms with Crippen LogP contribution in [0.25, 0.3) is 11.0 Å². The zero-order valence-electron chi connectivity index (χ0n) is 11.2. The molecule has 1 unspecified atom stereocenters. The fraction of sp³-hybridized carbons (Fsp3) is 0.429. The van der Waals surface area contributed by atoms with Crippen LogP contribution in [-0.2, 0) is 11.2 Å². The molecule has 1 aromatic carbocycles. The molecule has 0 spiro atoms. The molecule has 1 amide bonds. The lowest BCUT2D eigenvalue weighted by Gasteiger charge is -2.25. The van der Waals surface area contributed by atoms with Crippen molar-refractivity contribution in [1.82, 2.24) is 14.9 Å². The molecule has 1 aliphatic rings. The number of hydrogen-bond donors (Lipinski definition) is 1. The number of amides is 1. The highest BCUT2D eigenvalue weighted by molar-refractivity contribution is 14.1. The summed E-state index contributed by atoms with van der Waals surface area (Å²) >= 11 is 7.79. The molecule has 1 atom stereocenters. The van der Waals surface area contributed by atoms with Gasteiger partial charge < -0.3 is 9.88 Å². The number of nitrogens with one attached hydrogen (secondary N) is 1. The van der Waals surface area contributed by atoms with Crippen LogP contribution in [0.2, 0.25) is 0 Å². The second-order valence-electron chi connectivity index (χ2n) is 5.04. The fourth-order valence-electron chi connectivity index (χ4n) is 2.75. The van der Waals surface area contributed by atoms with E-state index < -0.39 is 0 Å². The number of benzene rings is 1. The van der Waals surface area contributed by atoms with Gasteiger partial charge in [-0.3, -0.25) is 4.79 Å². The van der Waals surface area contributed by atoms with Crippen LogP contribution in [0.15, 0.2) is 12.1 Å². The topological polar surface area (TPSA) is 46.9 Å². The zero-order valence-corrected chi connectivity index (χ0v) is 14.1. The predicted molar refractivity (Wildman–Crippen MR) is 88.1 cm³/mol. The van der Waals surface area contributed by atoms with Gasteiger partial charge >= 0.3 is 0 Å². The van der Waals surface area contributed by atoms with Crippen LogP contribution < -0.4 is 5.32 Å². The molecule has 112 valence electrons. The van der Waals surface area contributed by atoms with Gasteiger partial charge in [0.2, 0.25) is 5.91 Å². The molecule has 1 fully saturated rings. The van der Waals surface area contributed by atoms with Crippen molar-refractivity contribution in [2.45, 2.75) is 25.3 Å². The largest absolute Gasteiger partial charge is 0.354 e. The number of piperidine rings is 1. The third-order valence-corrected chi connectivity index (χ3v) is 4.71. The van der Waals surface area contributed by atoms with Gasteiger partial charge in [-0.15, -0.1) is 11.6 Å². The van der Waals surface area contributed by atoms with E-state index in [1.54, 1.807) is 6.07 Å². The van der Waals surface area contributed by atoms with Crippen molar-refractivity contribution in [2.75, 3.05) is 12.4 Å². The summed E-state index contributed by atoms with van der Waals surface area (Å²) in [5.74, 6) is 0.828. The molecule has 1 aromatic heterocycles. The molecule has 2 heterocycles. The maximum atomic E-state index is 13.9. The Morgan fingerprint density at radius 1 is 1.52 bits per heavy atom. The highest BCUT2D eigenvalue weighted by Crippen LogP contribution is 2.28. The first kappa shape index (κ1) is 15.0. The minimum absolute atomic E-state index is 0.0321. The molecule has 0 bridgehead atoms. The van der Waals surface area contributed by atoms with Crippen molar-refractivity contribution < 1.29 is 9.18 Å². The van der Waals surface area contributed by atoms with Crippen molar-refractivity contribution in [3.05, 3.63) is 27.3 Å². The van der Waals surface area contributed by atoms with E-state index in [4.69, 9.17) is 11.6 Å². The molecule has 1 saturated heterocycles. The van der Waals surface area contributed by atoms with Gasteiger partial charge in [-0.2, -0.15) is 0 Å². The second kappa shape index (κ2) is 6.08. The van der Waals surface area contributed by atoms with Gasteiger partial charge in [-0.05, 0) is 41.5 Å².